The third kappa shape index (κ3) is 5.55. The Labute approximate surface area is 197 Å². The predicted molar refractivity (Wildman–Crippen MR) is 124 cm³/mol. The lowest BCUT2D eigenvalue weighted by Gasteiger charge is -2.23. The maximum atomic E-state index is 13.2. The Morgan fingerprint density at radius 2 is 1.53 bits per heavy atom. The standard InChI is InChI=1S/C24H28F3N3O3S/c25-24(26,27)19-8-11-22(29-13-1-2-14-29)21(17-19)28-23(31)12-7-18-5-9-20(10-6-18)34(32,33)30-15-3-4-16-30/h5-6,8-11,17H,1-4,7,12-16H2,(H,28,31). The lowest BCUT2D eigenvalue weighted by atomic mass is 10.1. The van der Waals surface area contributed by atoms with E-state index in [1.54, 1.807) is 24.3 Å². The molecule has 6 nitrogen and oxygen atoms in total. The number of anilines is 2. The van der Waals surface area contributed by atoms with Crippen LogP contribution < -0.4 is 10.2 Å². The lowest BCUT2D eigenvalue weighted by molar-refractivity contribution is -0.137. The van der Waals surface area contributed by atoms with Gasteiger partial charge >= 0.3 is 6.18 Å². The van der Waals surface area contributed by atoms with Crippen LogP contribution in [0.1, 0.15) is 43.2 Å². The maximum Gasteiger partial charge on any atom is 0.416 e. The Kier molecular flexibility index (Phi) is 7.18. The van der Waals surface area contributed by atoms with Gasteiger partial charge in [0, 0.05) is 32.6 Å². The van der Waals surface area contributed by atoms with Crippen LogP contribution in [0.25, 0.3) is 0 Å². The smallest absolute Gasteiger partial charge is 0.370 e. The summed E-state index contributed by atoms with van der Waals surface area (Å²) in [5.41, 5.74) is 0.726. The Bertz CT molecular complexity index is 1120. The minimum atomic E-state index is -4.50. The summed E-state index contributed by atoms with van der Waals surface area (Å²) < 4.78 is 66.4. The van der Waals surface area contributed by atoms with Crippen LogP contribution in [0.15, 0.2) is 47.4 Å². The fraction of sp³-hybridized carbons (Fsp3) is 0.458. The fourth-order valence-corrected chi connectivity index (χ4v) is 5.94. The van der Waals surface area contributed by atoms with Crippen LogP contribution in [-0.4, -0.2) is 44.8 Å². The molecule has 2 heterocycles. The Balaban J connectivity index is 1.42. The number of aryl methyl sites for hydroxylation is 1. The van der Waals surface area contributed by atoms with Crippen LogP contribution in [0, 0.1) is 0 Å². The Morgan fingerprint density at radius 1 is 0.912 bits per heavy atom. The number of hydrogen-bond acceptors (Lipinski definition) is 4. The Hall–Kier alpha value is -2.59. The molecule has 2 saturated heterocycles. The molecule has 2 fully saturated rings. The van der Waals surface area contributed by atoms with Crippen molar-refractivity contribution in [1.29, 1.82) is 0 Å². The molecule has 0 unspecified atom stereocenters. The van der Waals surface area contributed by atoms with Gasteiger partial charge in [-0.05, 0) is 68.0 Å². The molecule has 0 radical (unpaired) electrons. The van der Waals surface area contributed by atoms with E-state index in [-0.39, 0.29) is 17.0 Å². The van der Waals surface area contributed by atoms with Crippen LogP contribution in [0.2, 0.25) is 0 Å². The van der Waals surface area contributed by atoms with Gasteiger partial charge in [0.15, 0.2) is 0 Å². The highest BCUT2D eigenvalue weighted by atomic mass is 32.2. The summed E-state index contributed by atoms with van der Waals surface area (Å²) in [5.74, 6) is -0.395. The molecule has 1 N–H and O–H groups in total. The van der Waals surface area contributed by atoms with E-state index in [2.05, 4.69) is 5.32 Å². The number of benzene rings is 2. The zero-order valence-electron chi connectivity index (χ0n) is 18.8. The van der Waals surface area contributed by atoms with Crippen molar-refractivity contribution < 1.29 is 26.4 Å². The molecule has 0 saturated carbocycles. The SMILES string of the molecule is O=C(CCc1ccc(S(=O)(=O)N2CCCC2)cc1)Nc1cc(C(F)(F)F)ccc1N1CCCC1. The molecule has 0 bridgehead atoms. The van der Waals surface area contributed by atoms with E-state index in [4.69, 9.17) is 0 Å². The summed E-state index contributed by atoms with van der Waals surface area (Å²) in [6.45, 7) is 2.53. The van der Waals surface area contributed by atoms with Crippen LogP contribution in [0.3, 0.4) is 0 Å². The van der Waals surface area contributed by atoms with Crippen LogP contribution >= 0.6 is 0 Å². The quantitative estimate of drug-likeness (QED) is 0.607. The second-order valence-electron chi connectivity index (χ2n) is 8.73. The number of carbonyl (C=O) groups is 1. The third-order valence-corrected chi connectivity index (χ3v) is 8.22. The van der Waals surface area contributed by atoms with Crippen molar-refractivity contribution in [2.45, 2.75) is 49.6 Å². The fourth-order valence-electron chi connectivity index (χ4n) is 4.42. The van der Waals surface area contributed by atoms with Gasteiger partial charge in [0.25, 0.3) is 0 Å². The molecule has 2 aromatic rings. The molecule has 34 heavy (non-hydrogen) atoms. The molecule has 2 aliphatic rings. The van der Waals surface area contributed by atoms with Gasteiger partial charge in [-0.3, -0.25) is 4.79 Å². The van der Waals surface area contributed by atoms with Gasteiger partial charge in [-0.1, -0.05) is 12.1 Å². The highest BCUT2D eigenvalue weighted by Gasteiger charge is 2.32. The van der Waals surface area contributed by atoms with Crippen molar-refractivity contribution in [1.82, 2.24) is 4.31 Å². The number of carbonyl (C=O) groups excluding carboxylic acids is 1. The van der Waals surface area contributed by atoms with E-state index in [1.165, 1.54) is 10.4 Å². The minimum absolute atomic E-state index is 0.0634. The summed E-state index contributed by atoms with van der Waals surface area (Å²) in [7, 11) is -3.50. The Morgan fingerprint density at radius 3 is 2.15 bits per heavy atom. The van der Waals surface area contributed by atoms with E-state index in [0.717, 1.165) is 56.5 Å². The summed E-state index contributed by atoms with van der Waals surface area (Å²) in [5, 5.41) is 2.66. The number of nitrogens with zero attached hydrogens (tertiary/aromatic N) is 2. The average Bonchev–Trinajstić information content (AvgIpc) is 3.52. The van der Waals surface area contributed by atoms with Crippen molar-refractivity contribution >= 4 is 27.3 Å². The topological polar surface area (TPSA) is 69.7 Å². The largest absolute Gasteiger partial charge is 0.416 e. The second-order valence-corrected chi connectivity index (χ2v) is 10.7. The number of amides is 1. The number of hydrogen-bond donors (Lipinski definition) is 1. The van der Waals surface area contributed by atoms with Crippen LogP contribution in [-0.2, 0) is 27.4 Å². The van der Waals surface area contributed by atoms with E-state index in [9.17, 15) is 26.4 Å². The first kappa shape index (κ1) is 24.5. The van der Waals surface area contributed by atoms with Crippen molar-refractivity contribution in [3.8, 4) is 0 Å². The van der Waals surface area contributed by atoms with E-state index in [1.807, 2.05) is 4.90 Å². The normalized spacial score (nSPS) is 17.3. The second kappa shape index (κ2) is 9.95. The average molecular weight is 496 g/mol. The highest BCUT2D eigenvalue weighted by molar-refractivity contribution is 7.89. The molecule has 2 aliphatic heterocycles. The molecule has 0 aliphatic carbocycles. The molecule has 0 spiro atoms. The van der Waals surface area contributed by atoms with Gasteiger partial charge in [-0.15, -0.1) is 0 Å². The molecule has 2 aromatic carbocycles. The molecular weight excluding hydrogens is 467 g/mol. The van der Waals surface area contributed by atoms with Gasteiger partial charge in [-0.2, -0.15) is 17.5 Å². The number of halogens is 3. The predicted octanol–water partition coefficient (Wildman–Crippen LogP) is 4.66. The molecule has 10 heteroatoms. The maximum absolute atomic E-state index is 13.2. The lowest BCUT2D eigenvalue weighted by Crippen LogP contribution is -2.27. The molecular formula is C24H28F3N3O3S. The molecule has 0 aromatic heterocycles. The molecule has 0 atom stereocenters. The van der Waals surface area contributed by atoms with E-state index in [0.29, 0.717) is 25.2 Å². The minimum Gasteiger partial charge on any atom is -0.370 e. The van der Waals surface area contributed by atoms with Crippen LogP contribution in [0.4, 0.5) is 24.5 Å². The van der Waals surface area contributed by atoms with Crippen molar-refractivity contribution in [3.05, 3.63) is 53.6 Å². The zero-order valence-corrected chi connectivity index (χ0v) is 19.6. The monoisotopic (exact) mass is 495 g/mol. The third-order valence-electron chi connectivity index (χ3n) is 6.31. The van der Waals surface area contributed by atoms with Gasteiger partial charge in [0.2, 0.25) is 15.9 Å². The molecule has 184 valence electrons. The van der Waals surface area contributed by atoms with Gasteiger partial charge < -0.3 is 10.2 Å². The van der Waals surface area contributed by atoms with Crippen LogP contribution in [0.5, 0.6) is 0 Å². The summed E-state index contributed by atoms with van der Waals surface area (Å²) in [4.78, 5) is 14.8. The number of nitrogens with one attached hydrogen (secondary N) is 1. The van der Waals surface area contributed by atoms with Gasteiger partial charge in [0.05, 0.1) is 21.8 Å². The summed E-state index contributed by atoms with van der Waals surface area (Å²) >= 11 is 0. The zero-order chi connectivity index (χ0) is 24.3. The first-order valence-corrected chi connectivity index (χ1v) is 12.9. The van der Waals surface area contributed by atoms with Crippen molar-refractivity contribution in [2.24, 2.45) is 0 Å². The van der Waals surface area contributed by atoms with E-state index >= 15 is 0 Å². The first-order chi connectivity index (χ1) is 16.1. The van der Waals surface area contributed by atoms with E-state index < -0.39 is 27.7 Å². The summed E-state index contributed by atoms with van der Waals surface area (Å²) in [6.07, 6.45) is -0.465. The molecule has 4 rings (SSSR count). The number of sulfonamides is 1. The summed E-state index contributed by atoms with van der Waals surface area (Å²) in [6, 6.07) is 9.89. The van der Waals surface area contributed by atoms with Gasteiger partial charge in [-0.25, -0.2) is 8.42 Å². The molecule has 1 amide bonds. The number of rotatable bonds is 7. The van der Waals surface area contributed by atoms with Gasteiger partial charge in [0.1, 0.15) is 0 Å². The van der Waals surface area contributed by atoms with Crippen molar-refractivity contribution in [2.75, 3.05) is 36.4 Å². The number of alkyl halides is 3. The van der Waals surface area contributed by atoms with Crippen molar-refractivity contribution in [3.63, 3.8) is 0 Å². The highest BCUT2D eigenvalue weighted by Crippen LogP contribution is 2.36. The first-order valence-electron chi connectivity index (χ1n) is 11.5.